The number of rotatable bonds is 17. The van der Waals surface area contributed by atoms with Crippen molar-refractivity contribution in [1.82, 2.24) is 0 Å². The lowest BCUT2D eigenvalue weighted by Crippen LogP contribution is -2.35. The molecule has 0 aromatic heterocycles. The zero-order valence-corrected chi connectivity index (χ0v) is 16.3. The molecule has 0 aliphatic heterocycles. The van der Waals surface area contributed by atoms with Crippen LogP contribution in [0, 0.1) is 0 Å². The summed E-state index contributed by atoms with van der Waals surface area (Å²) in [6, 6.07) is -1.29. The SMILES string of the molecule is CCCCCCCCCCCCCCCC(=O)OC(=O)[C@H](N)CC(=O)O. The van der Waals surface area contributed by atoms with Crippen LogP contribution in [0.2, 0.25) is 0 Å². The van der Waals surface area contributed by atoms with E-state index in [9.17, 15) is 14.4 Å². The molecule has 0 bridgehead atoms. The zero-order chi connectivity index (χ0) is 19.6. The number of unbranched alkanes of at least 4 members (excludes halogenated alkanes) is 12. The predicted molar refractivity (Wildman–Crippen MR) is 102 cm³/mol. The van der Waals surface area contributed by atoms with E-state index in [-0.39, 0.29) is 6.42 Å². The highest BCUT2D eigenvalue weighted by molar-refractivity contribution is 5.90. The molecule has 0 aliphatic rings. The first-order chi connectivity index (χ1) is 12.5. The van der Waals surface area contributed by atoms with Gasteiger partial charge in [0.1, 0.15) is 6.04 Å². The van der Waals surface area contributed by atoms with Crippen molar-refractivity contribution in [3.8, 4) is 0 Å². The first-order valence-corrected chi connectivity index (χ1v) is 10.2. The number of ether oxygens (including phenoxy) is 1. The molecule has 0 fully saturated rings. The number of hydrogen-bond donors (Lipinski definition) is 2. The summed E-state index contributed by atoms with van der Waals surface area (Å²) in [5.74, 6) is -2.79. The molecule has 0 aromatic rings. The molecule has 152 valence electrons. The van der Waals surface area contributed by atoms with Gasteiger partial charge in [0.05, 0.1) is 6.42 Å². The van der Waals surface area contributed by atoms with Gasteiger partial charge in [0.25, 0.3) is 0 Å². The number of aliphatic carboxylic acids is 1. The van der Waals surface area contributed by atoms with E-state index in [1.54, 1.807) is 0 Å². The minimum Gasteiger partial charge on any atom is -0.481 e. The van der Waals surface area contributed by atoms with Crippen LogP contribution in [0.5, 0.6) is 0 Å². The number of carbonyl (C=O) groups excluding carboxylic acids is 2. The number of esters is 2. The fraction of sp³-hybridized carbons (Fsp3) is 0.850. The fourth-order valence-corrected chi connectivity index (χ4v) is 2.80. The molecular weight excluding hydrogens is 334 g/mol. The monoisotopic (exact) mass is 371 g/mol. The summed E-state index contributed by atoms with van der Waals surface area (Å²) in [7, 11) is 0. The maximum absolute atomic E-state index is 11.5. The number of carbonyl (C=O) groups is 3. The molecule has 0 saturated heterocycles. The average Bonchev–Trinajstić information content (AvgIpc) is 2.58. The van der Waals surface area contributed by atoms with E-state index in [1.165, 1.54) is 64.2 Å². The summed E-state index contributed by atoms with van der Waals surface area (Å²) in [6.07, 6.45) is 15.4. The van der Waals surface area contributed by atoms with Crippen molar-refractivity contribution in [3.05, 3.63) is 0 Å². The molecule has 0 aromatic carbocycles. The van der Waals surface area contributed by atoms with Crippen LogP contribution in [0.4, 0.5) is 0 Å². The van der Waals surface area contributed by atoms with Gasteiger partial charge < -0.3 is 15.6 Å². The number of carboxylic acids is 1. The third kappa shape index (κ3) is 16.1. The molecule has 0 saturated carbocycles. The fourth-order valence-electron chi connectivity index (χ4n) is 2.80. The summed E-state index contributed by atoms with van der Waals surface area (Å²) in [6.45, 7) is 2.24. The number of carboxylic acid groups (broad SMARTS) is 1. The average molecular weight is 372 g/mol. The first-order valence-electron chi connectivity index (χ1n) is 10.2. The van der Waals surface area contributed by atoms with Crippen molar-refractivity contribution in [2.45, 2.75) is 109 Å². The Morgan fingerprint density at radius 3 is 1.65 bits per heavy atom. The van der Waals surface area contributed by atoms with E-state index >= 15 is 0 Å². The standard InChI is InChI=1S/C20H37NO5/c1-2-3-4-5-6-7-8-9-10-11-12-13-14-15-19(24)26-20(25)17(21)16-18(22)23/h17H,2-16,21H2,1H3,(H,22,23)/t17-/m1/s1. The van der Waals surface area contributed by atoms with Gasteiger partial charge in [-0.15, -0.1) is 0 Å². The van der Waals surface area contributed by atoms with Gasteiger partial charge in [0.2, 0.25) is 0 Å². The Labute approximate surface area is 157 Å². The Morgan fingerprint density at radius 2 is 1.23 bits per heavy atom. The Kier molecular flexibility index (Phi) is 16.1. The lowest BCUT2D eigenvalue weighted by atomic mass is 10.0. The molecular formula is C20H37NO5. The van der Waals surface area contributed by atoms with Crippen molar-refractivity contribution < 1.29 is 24.2 Å². The molecule has 0 radical (unpaired) electrons. The van der Waals surface area contributed by atoms with Crippen LogP contribution in [0.25, 0.3) is 0 Å². The smallest absolute Gasteiger partial charge is 0.331 e. The molecule has 0 aliphatic carbocycles. The Bertz CT molecular complexity index is 398. The molecule has 6 heteroatoms. The van der Waals surface area contributed by atoms with E-state index in [1.807, 2.05) is 0 Å². The summed E-state index contributed by atoms with van der Waals surface area (Å²) in [5.41, 5.74) is 5.33. The second-order valence-corrected chi connectivity index (χ2v) is 6.99. The van der Waals surface area contributed by atoms with Crippen molar-refractivity contribution >= 4 is 17.9 Å². The summed E-state index contributed by atoms with van der Waals surface area (Å²) in [5, 5.41) is 8.53. The van der Waals surface area contributed by atoms with Crippen molar-refractivity contribution in [2.24, 2.45) is 5.73 Å². The van der Waals surface area contributed by atoms with Gasteiger partial charge in [-0.1, -0.05) is 84.0 Å². The molecule has 0 heterocycles. The maximum Gasteiger partial charge on any atom is 0.331 e. The van der Waals surface area contributed by atoms with E-state index in [4.69, 9.17) is 10.8 Å². The topological polar surface area (TPSA) is 107 Å². The van der Waals surface area contributed by atoms with Gasteiger partial charge in [-0.3, -0.25) is 9.59 Å². The van der Waals surface area contributed by atoms with Gasteiger partial charge in [-0.2, -0.15) is 0 Å². The normalized spacial score (nSPS) is 11.9. The molecule has 0 amide bonds. The van der Waals surface area contributed by atoms with Crippen LogP contribution >= 0.6 is 0 Å². The second-order valence-electron chi connectivity index (χ2n) is 6.99. The number of nitrogens with two attached hydrogens (primary N) is 1. The summed E-state index contributed by atoms with van der Waals surface area (Å²) in [4.78, 5) is 33.3. The van der Waals surface area contributed by atoms with Crippen molar-refractivity contribution in [3.63, 3.8) is 0 Å². The molecule has 3 N–H and O–H groups in total. The van der Waals surface area contributed by atoms with E-state index < -0.39 is 30.4 Å². The Hall–Kier alpha value is -1.43. The molecule has 6 nitrogen and oxygen atoms in total. The minimum atomic E-state index is -1.29. The van der Waals surface area contributed by atoms with Gasteiger partial charge in [0.15, 0.2) is 0 Å². The van der Waals surface area contributed by atoms with Crippen molar-refractivity contribution in [2.75, 3.05) is 0 Å². The largest absolute Gasteiger partial charge is 0.481 e. The van der Waals surface area contributed by atoms with Crippen LogP contribution in [-0.2, 0) is 19.1 Å². The van der Waals surface area contributed by atoms with E-state index in [2.05, 4.69) is 11.7 Å². The van der Waals surface area contributed by atoms with Gasteiger partial charge in [-0.25, -0.2) is 4.79 Å². The molecule has 0 unspecified atom stereocenters. The third-order valence-corrected chi connectivity index (χ3v) is 4.40. The lowest BCUT2D eigenvalue weighted by molar-refractivity contribution is -0.162. The van der Waals surface area contributed by atoms with Crippen LogP contribution in [0.3, 0.4) is 0 Å². The zero-order valence-electron chi connectivity index (χ0n) is 16.3. The first kappa shape index (κ1) is 24.6. The minimum absolute atomic E-state index is 0.170. The quantitative estimate of drug-likeness (QED) is 0.224. The molecule has 26 heavy (non-hydrogen) atoms. The summed E-state index contributed by atoms with van der Waals surface area (Å²) >= 11 is 0. The highest BCUT2D eigenvalue weighted by Gasteiger charge is 2.21. The molecule has 0 rings (SSSR count). The highest BCUT2D eigenvalue weighted by Crippen LogP contribution is 2.13. The van der Waals surface area contributed by atoms with Crippen LogP contribution < -0.4 is 5.73 Å². The van der Waals surface area contributed by atoms with Crippen molar-refractivity contribution in [1.29, 1.82) is 0 Å². The highest BCUT2D eigenvalue weighted by atomic mass is 16.6. The number of hydrogen-bond acceptors (Lipinski definition) is 5. The lowest BCUT2D eigenvalue weighted by Gasteiger charge is -2.08. The second kappa shape index (κ2) is 17.0. The van der Waals surface area contributed by atoms with Crippen LogP contribution in [0.1, 0.15) is 103 Å². The maximum atomic E-state index is 11.5. The molecule has 1 atom stereocenters. The van der Waals surface area contributed by atoms with Gasteiger partial charge in [0, 0.05) is 6.42 Å². The summed E-state index contributed by atoms with van der Waals surface area (Å²) < 4.78 is 4.55. The van der Waals surface area contributed by atoms with Gasteiger partial charge in [-0.05, 0) is 6.42 Å². The molecule has 0 spiro atoms. The predicted octanol–water partition coefficient (Wildman–Crippen LogP) is 4.34. The Morgan fingerprint density at radius 1 is 0.808 bits per heavy atom. The van der Waals surface area contributed by atoms with Gasteiger partial charge >= 0.3 is 17.9 Å². The van der Waals surface area contributed by atoms with E-state index in [0.29, 0.717) is 6.42 Å². The third-order valence-electron chi connectivity index (χ3n) is 4.40. The van der Waals surface area contributed by atoms with Crippen LogP contribution in [0.15, 0.2) is 0 Å². The van der Waals surface area contributed by atoms with E-state index in [0.717, 1.165) is 12.8 Å². The van der Waals surface area contributed by atoms with Crippen LogP contribution in [-0.4, -0.2) is 29.1 Å². The Balaban J connectivity index is 3.40.